The van der Waals surface area contributed by atoms with Gasteiger partial charge in [0.25, 0.3) is 0 Å². The number of fused-ring (bicyclic) bond motifs is 3. The first-order valence-corrected chi connectivity index (χ1v) is 10.1. The van der Waals surface area contributed by atoms with Gasteiger partial charge in [-0.25, -0.2) is 4.98 Å². The van der Waals surface area contributed by atoms with Gasteiger partial charge < -0.3 is 9.88 Å². The zero-order valence-electron chi connectivity index (χ0n) is 16.0. The van der Waals surface area contributed by atoms with Crippen LogP contribution in [0.15, 0.2) is 18.2 Å². The number of anilines is 1. The van der Waals surface area contributed by atoms with Crippen molar-refractivity contribution >= 4 is 22.6 Å². The van der Waals surface area contributed by atoms with Gasteiger partial charge in [-0.3, -0.25) is 9.69 Å². The molecule has 2 aliphatic rings. The first-order chi connectivity index (χ1) is 12.6. The molecule has 0 radical (unpaired) electrons. The SMILES string of the molecule is CC(C)CC(=O)Nc1ccc2c(c1)nc1n2CCN(C2CCCCC2)C1. The van der Waals surface area contributed by atoms with E-state index in [1.807, 2.05) is 12.1 Å². The third-order valence-corrected chi connectivity index (χ3v) is 5.75. The Morgan fingerprint density at radius 2 is 2.04 bits per heavy atom. The predicted octanol–water partition coefficient (Wildman–Crippen LogP) is 4.17. The molecule has 140 valence electrons. The molecule has 5 nitrogen and oxygen atoms in total. The lowest BCUT2D eigenvalue weighted by Gasteiger charge is -2.36. The molecule has 0 unspecified atom stereocenters. The second-order valence-electron chi connectivity index (χ2n) is 8.29. The summed E-state index contributed by atoms with van der Waals surface area (Å²) in [6.07, 6.45) is 7.37. The van der Waals surface area contributed by atoms with Crippen molar-refractivity contribution in [3.8, 4) is 0 Å². The molecule has 5 heteroatoms. The molecule has 0 atom stereocenters. The highest BCUT2D eigenvalue weighted by atomic mass is 16.1. The van der Waals surface area contributed by atoms with Gasteiger partial charge in [-0.2, -0.15) is 0 Å². The Hall–Kier alpha value is -1.88. The van der Waals surface area contributed by atoms with Gasteiger partial charge in [-0.05, 0) is 37.0 Å². The number of carbonyl (C=O) groups excluding carboxylic acids is 1. The van der Waals surface area contributed by atoms with E-state index in [0.717, 1.165) is 36.9 Å². The van der Waals surface area contributed by atoms with Gasteiger partial charge in [0.15, 0.2) is 0 Å². The van der Waals surface area contributed by atoms with Gasteiger partial charge >= 0.3 is 0 Å². The maximum atomic E-state index is 12.0. The molecule has 1 aromatic heterocycles. The summed E-state index contributed by atoms with van der Waals surface area (Å²) in [6, 6.07) is 6.86. The van der Waals surface area contributed by atoms with E-state index in [1.165, 1.54) is 43.4 Å². The molecule has 1 N–H and O–H groups in total. The predicted molar refractivity (Wildman–Crippen MR) is 105 cm³/mol. The second kappa shape index (κ2) is 7.39. The number of rotatable bonds is 4. The summed E-state index contributed by atoms with van der Waals surface area (Å²) in [5.41, 5.74) is 3.03. The first-order valence-electron chi connectivity index (χ1n) is 10.1. The second-order valence-corrected chi connectivity index (χ2v) is 8.29. The minimum atomic E-state index is 0.0757. The first kappa shape index (κ1) is 17.5. The highest BCUT2D eigenvalue weighted by Crippen LogP contribution is 2.28. The van der Waals surface area contributed by atoms with Crippen LogP contribution in [0.5, 0.6) is 0 Å². The summed E-state index contributed by atoms with van der Waals surface area (Å²) in [5.74, 6) is 1.61. The van der Waals surface area contributed by atoms with Crippen LogP contribution >= 0.6 is 0 Å². The molecule has 1 saturated carbocycles. The van der Waals surface area contributed by atoms with Gasteiger partial charge in [0.05, 0.1) is 17.6 Å². The van der Waals surface area contributed by atoms with Gasteiger partial charge in [0.1, 0.15) is 5.82 Å². The minimum absolute atomic E-state index is 0.0757. The van der Waals surface area contributed by atoms with Crippen LogP contribution in [0.2, 0.25) is 0 Å². The lowest BCUT2D eigenvalue weighted by Crippen LogP contribution is -2.42. The van der Waals surface area contributed by atoms with Crippen molar-refractivity contribution in [2.75, 3.05) is 11.9 Å². The van der Waals surface area contributed by atoms with Gasteiger partial charge in [-0.1, -0.05) is 33.1 Å². The molecular weight excluding hydrogens is 324 g/mol. The molecule has 4 rings (SSSR count). The Balaban J connectivity index is 1.51. The zero-order valence-corrected chi connectivity index (χ0v) is 16.0. The highest BCUT2D eigenvalue weighted by molar-refractivity contribution is 5.93. The number of aromatic nitrogens is 2. The number of hydrogen-bond acceptors (Lipinski definition) is 3. The fraction of sp³-hybridized carbons (Fsp3) is 0.619. The van der Waals surface area contributed by atoms with E-state index in [9.17, 15) is 4.79 Å². The maximum absolute atomic E-state index is 12.0. The number of amides is 1. The lowest BCUT2D eigenvalue weighted by atomic mass is 9.94. The number of nitrogens with zero attached hydrogens (tertiary/aromatic N) is 3. The average molecular weight is 354 g/mol. The number of benzene rings is 1. The minimum Gasteiger partial charge on any atom is -0.326 e. The number of carbonyl (C=O) groups is 1. The van der Waals surface area contributed by atoms with E-state index >= 15 is 0 Å². The van der Waals surface area contributed by atoms with E-state index in [4.69, 9.17) is 4.98 Å². The topological polar surface area (TPSA) is 50.2 Å². The number of hydrogen-bond donors (Lipinski definition) is 1. The van der Waals surface area contributed by atoms with Crippen LogP contribution in [-0.4, -0.2) is 32.9 Å². The lowest BCUT2D eigenvalue weighted by molar-refractivity contribution is -0.116. The smallest absolute Gasteiger partial charge is 0.224 e. The Morgan fingerprint density at radius 3 is 2.81 bits per heavy atom. The molecule has 0 bridgehead atoms. The molecular formula is C21H30N4O. The molecule has 2 aromatic rings. The van der Waals surface area contributed by atoms with Crippen molar-refractivity contribution in [3.05, 3.63) is 24.0 Å². The third kappa shape index (κ3) is 3.63. The van der Waals surface area contributed by atoms with E-state index in [0.29, 0.717) is 12.3 Å². The van der Waals surface area contributed by atoms with Crippen LogP contribution < -0.4 is 5.32 Å². The molecule has 26 heavy (non-hydrogen) atoms. The molecule has 1 aromatic carbocycles. The van der Waals surface area contributed by atoms with Crippen molar-refractivity contribution in [3.63, 3.8) is 0 Å². The van der Waals surface area contributed by atoms with E-state index in [2.05, 4.69) is 34.7 Å². The summed E-state index contributed by atoms with van der Waals surface area (Å²) in [4.78, 5) is 19.6. The van der Waals surface area contributed by atoms with Crippen molar-refractivity contribution in [1.82, 2.24) is 14.5 Å². The van der Waals surface area contributed by atoms with Crippen molar-refractivity contribution in [2.45, 2.75) is 71.5 Å². The Labute approximate surface area is 155 Å². The van der Waals surface area contributed by atoms with Crippen LogP contribution in [-0.2, 0) is 17.9 Å². The van der Waals surface area contributed by atoms with Crippen LogP contribution in [0.1, 0.15) is 58.2 Å². The fourth-order valence-electron chi connectivity index (χ4n) is 4.46. The Bertz CT molecular complexity index is 789. The van der Waals surface area contributed by atoms with Gasteiger partial charge in [0, 0.05) is 31.2 Å². The summed E-state index contributed by atoms with van der Waals surface area (Å²) in [6.45, 7) is 7.21. The zero-order chi connectivity index (χ0) is 18.1. The fourth-order valence-corrected chi connectivity index (χ4v) is 4.46. The quantitative estimate of drug-likeness (QED) is 0.896. The van der Waals surface area contributed by atoms with Crippen molar-refractivity contribution in [2.24, 2.45) is 5.92 Å². The van der Waals surface area contributed by atoms with Crippen LogP contribution in [0.25, 0.3) is 11.0 Å². The number of imidazole rings is 1. The van der Waals surface area contributed by atoms with E-state index in [1.54, 1.807) is 0 Å². The van der Waals surface area contributed by atoms with Crippen molar-refractivity contribution in [1.29, 1.82) is 0 Å². The maximum Gasteiger partial charge on any atom is 0.224 e. The van der Waals surface area contributed by atoms with E-state index < -0.39 is 0 Å². The van der Waals surface area contributed by atoms with Crippen LogP contribution in [0.3, 0.4) is 0 Å². The van der Waals surface area contributed by atoms with Crippen LogP contribution in [0, 0.1) is 5.92 Å². The molecule has 0 spiro atoms. The highest BCUT2D eigenvalue weighted by Gasteiger charge is 2.26. The standard InChI is InChI=1S/C21H30N4O/c1-15(2)12-21(26)22-16-8-9-19-18(13-16)23-20-14-24(10-11-25(19)20)17-6-4-3-5-7-17/h8-9,13,15,17H,3-7,10-12,14H2,1-2H3,(H,22,26). The normalized spacial score (nSPS) is 19.0. The molecule has 1 aliphatic heterocycles. The summed E-state index contributed by atoms with van der Waals surface area (Å²) in [5, 5.41) is 3.01. The van der Waals surface area contributed by atoms with Crippen molar-refractivity contribution < 1.29 is 4.79 Å². The van der Waals surface area contributed by atoms with Crippen LogP contribution in [0.4, 0.5) is 5.69 Å². The third-order valence-electron chi connectivity index (χ3n) is 5.75. The molecule has 1 amide bonds. The molecule has 1 aliphatic carbocycles. The Kier molecular flexibility index (Phi) is 4.98. The molecule has 1 fully saturated rings. The summed E-state index contributed by atoms with van der Waals surface area (Å²) < 4.78 is 2.36. The van der Waals surface area contributed by atoms with Gasteiger partial charge in [0.2, 0.25) is 5.91 Å². The van der Waals surface area contributed by atoms with E-state index in [-0.39, 0.29) is 5.91 Å². The average Bonchev–Trinajstić information content (AvgIpc) is 2.98. The molecule has 0 saturated heterocycles. The summed E-state index contributed by atoms with van der Waals surface area (Å²) >= 11 is 0. The monoisotopic (exact) mass is 354 g/mol. The molecule has 2 heterocycles. The largest absolute Gasteiger partial charge is 0.326 e. The number of nitrogens with one attached hydrogen (secondary N) is 1. The van der Waals surface area contributed by atoms with Gasteiger partial charge in [-0.15, -0.1) is 0 Å². The summed E-state index contributed by atoms with van der Waals surface area (Å²) in [7, 11) is 0. The Morgan fingerprint density at radius 1 is 1.23 bits per heavy atom.